The van der Waals surface area contributed by atoms with Gasteiger partial charge in [0.2, 0.25) is 5.95 Å². The van der Waals surface area contributed by atoms with Crippen LogP contribution >= 0.6 is 0 Å². The number of pyridine rings is 1. The van der Waals surface area contributed by atoms with Gasteiger partial charge < -0.3 is 15.0 Å². The van der Waals surface area contributed by atoms with Crippen LogP contribution in [-0.4, -0.2) is 51.5 Å². The maximum Gasteiger partial charge on any atom is 0.228 e. The molecule has 0 radical (unpaired) electrons. The second-order valence-corrected chi connectivity index (χ2v) is 6.95. The molecule has 3 aromatic rings. The largest absolute Gasteiger partial charge is 0.378 e. The SMILES string of the molecule is c1cncc(C2CCc3c(nc(N4CCOCC4)nc3-c3ccnnc3)N2)c1. The van der Waals surface area contributed by atoms with Crippen molar-refractivity contribution < 1.29 is 4.74 Å². The Bertz CT molecular complexity index is 946. The number of nitrogens with zero attached hydrogens (tertiary/aromatic N) is 6. The molecule has 8 nitrogen and oxygen atoms in total. The highest BCUT2D eigenvalue weighted by Crippen LogP contribution is 2.37. The molecule has 3 aromatic heterocycles. The van der Waals surface area contributed by atoms with Gasteiger partial charge in [-0.2, -0.15) is 15.2 Å². The van der Waals surface area contributed by atoms with Crippen LogP contribution in [-0.2, 0) is 11.2 Å². The van der Waals surface area contributed by atoms with E-state index in [1.54, 1.807) is 18.6 Å². The van der Waals surface area contributed by atoms with Crippen LogP contribution in [0.1, 0.15) is 23.6 Å². The zero-order valence-corrected chi connectivity index (χ0v) is 15.5. The van der Waals surface area contributed by atoms with E-state index in [2.05, 4.69) is 31.5 Å². The number of fused-ring (bicyclic) bond motifs is 1. The van der Waals surface area contributed by atoms with Gasteiger partial charge in [-0.25, -0.2) is 4.98 Å². The lowest BCUT2D eigenvalue weighted by atomic mass is 9.94. The van der Waals surface area contributed by atoms with E-state index >= 15 is 0 Å². The Morgan fingerprint density at radius 1 is 1.04 bits per heavy atom. The van der Waals surface area contributed by atoms with Gasteiger partial charge in [-0.05, 0) is 30.5 Å². The Kier molecular flexibility index (Phi) is 4.54. The van der Waals surface area contributed by atoms with Crippen LogP contribution in [0.4, 0.5) is 11.8 Å². The summed E-state index contributed by atoms with van der Waals surface area (Å²) in [5, 5.41) is 11.6. The molecule has 28 heavy (non-hydrogen) atoms. The standard InChI is InChI=1S/C20H21N7O/c1-2-14(12-21-6-1)17-4-3-16-18(15-5-7-22-23-13-15)25-20(26-19(16)24-17)27-8-10-28-11-9-27/h1-2,5-7,12-13,17H,3-4,8-11H2,(H,24,25,26). The lowest BCUT2D eigenvalue weighted by Gasteiger charge is -2.31. The minimum Gasteiger partial charge on any atom is -0.378 e. The summed E-state index contributed by atoms with van der Waals surface area (Å²) in [7, 11) is 0. The van der Waals surface area contributed by atoms with Gasteiger partial charge in [-0.3, -0.25) is 4.98 Å². The zero-order valence-electron chi connectivity index (χ0n) is 15.5. The highest BCUT2D eigenvalue weighted by Gasteiger charge is 2.26. The summed E-state index contributed by atoms with van der Waals surface area (Å²) in [5.41, 5.74) is 4.19. The number of ether oxygens (including phenoxy) is 1. The predicted molar refractivity (Wildman–Crippen MR) is 105 cm³/mol. The molecule has 1 N–H and O–H groups in total. The minimum absolute atomic E-state index is 0.192. The van der Waals surface area contributed by atoms with Crippen molar-refractivity contribution in [2.24, 2.45) is 0 Å². The summed E-state index contributed by atoms with van der Waals surface area (Å²) in [4.78, 5) is 16.2. The Hall–Kier alpha value is -3.13. The number of hydrogen-bond donors (Lipinski definition) is 1. The zero-order chi connectivity index (χ0) is 18.8. The second-order valence-electron chi connectivity index (χ2n) is 6.95. The first kappa shape index (κ1) is 17.0. The van der Waals surface area contributed by atoms with Crippen molar-refractivity contribution in [3.8, 4) is 11.3 Å². The molecule has 0 aliphatic carbocycles. The average molecular weight is 375 g/mol. The van der Waals surface area contributed by atoms with E-state index < -0.39 is 0 Å². The maximum atomic E-state index is 5.49. The van der Waals surface area contributed by atoms with Crippen LogP contribution in [0, 0.1) is 0 Å². The lowest BCUT2D eigenvalue weighted by Crippen LogP contribution is -2.37. The second kappa shape index (κ2) is 7.47. The molecule has 0 bridgehead atoms. The average Bonchev–Trinajstić information content (AvgIpc) is 2.79. The first-order valence-corrected chi connectivity index (χ1v) is 9.55. The first-order valence-electron chi connectivity index (χ1n) is 9.55. The van der Waals surface area contributed by atoms with E-state index in [-0.39, 0.29) is 6.04 Å². The molecule has 0 amide bonds. The van der Waals surface area contributed by atoms with Gasteiger partial charge >= 0.3 is 0 Å². The van der Waals surface area contributed by atoms with Crippen molar-refractivity contribution >= 4 is 11.8 Å². The topological polar surface area (TPSA) is 89.0 Å². The molecular weight excluding hydrogens is 354 g/mol. The van der Waals surface area contributed by atoms with E-state index in [1.807, 2.05) is 18.3 Å². The number of aromatic nitrogens is 5. The van der Waals surface area contributed by atoms with Crippen LogP contribution in [0.25, 0.3) is 11.3 Å². The number of rotatable bonds is 3. The van der Waals surface area contributed by atoms with Gasteiger partial charge in [-0.15, -0.1) is 0 Å². The van der Waals surface area contributed by atoms with E-state index in [1.165, 1.54) is 5.56 Å². The molecule has 5 rings (SSSR count). The molecule has 142 valence electrons. The molecule has 0 aromatic carbocycles. The van der Waals surface area contributed by atoms with Crippen molar-refractivity contribution in [1.29, 1.82) is 0 Å². The van der Waals surface area contributed by atoms with Gasteiger partial charge in [0.05, 0.1) is 37.3 Å². The highest BCUT2D eigenvalue weighted by molar-refractivity contribution is 5.71. The van der Waals surface area contributed by atoms with Crippen LogP contribution < -0.4 is 10.2 Å². The normalized spacial score (nSPS) is 19.0. The van der Waals surface area contributed by atoms with Gasteiger partial charge in [0.1, 0.15) is 5.82 Å². The minimum atomic E-state index is 0.192. The monoisotopic (exact) mass is 375 g/mol. The van der Waals surface area contributed by atoms with Crippen molar-refractivity contribution in [2.45, 2.75) is 18.9 Å². The Morgan fingerprint density at radius 3 is 2.75 bits per heavy atom. The van der Waals surface area contributed by atoms with Gasteiger partial charge in [-0.1, -0.05) is 6.07 Å². The third kappa shape index (κ3) is 3.27. The molecule has 8 heteroatoms. The quantitative estimate of drug-likeness (QED) is 0.746. The van der Waals surface area contributed by atoms with Gasteiger partial charge in [0, 0.05) is 36.6 Å². The fourth-order valence-electron chi connectivity index (χ4n) is 3.76. The number of nitrogens with one attached hydrogen (secondary N) is 1. The van der Waals surface area contributed by atoms with Crippen molar-refractivity contribution in [3.05, 3.63) is 54.1 Å². The summed E-state index contributed by atoms with van der Waals surface area (Å²) in [6.07, 6.45) is 9.03. The third-order valence-corrected chi connectivity index (χ3v) is 5.23. The first-order chi connectivity index (χ1) is 13.9. The van der Waals surface area contributed by atoms with Gasteiger partial charge in [0.25, 0.3) is 0 Å². The molecule has 1 unspecified atom stereocenters. The fraction of sp³-hybridized carbons (Fsp3) is 0.350. The van der Waals surface area contributed by atoms with Crippen LogP contribution in [0.5, 0.6) is 0 Å². The summed E-state index contributed by atoms with van der Waals surface area (Å²) >= 11 is 0. The maximum absolute atomic E-state index is 5.49. The van der Waals surface area contributed by atoms with E-state index in [4.69, 9.17) is 14.7 Å². The highest BCUT2D eigenvalue weighted by atomic mass is 16.5. The number of anilines is 2. The van der Waals surface area contributed by atoms with Crippen LogP contribution in [0.2, 0.25) is 0 Å². The van der Waals surface area contributed by atoms with E-state index in [0.29, 0.717) is 13.2 Å². The smallest absolute Gasteiger partial charge is 0.228 e. The third-order valence-electron chi connectivity index (χ3n) is 5.23. The molecule has 2 aliphatic heterocycles. The molecule has 5 heterocycles. The molecule has 0 saturated carbocycles. The molecular formula is C20H21N7O. The Morgan fingerprint density at radius 2 is 1.96 bits per heavy atom. The van der Waals surface area contributed by atoms with Crippen LogP contribution in [0.15, 0.2) is 43.0 Å². The summed E-state index contributed by atoms with van der Waals surface area (Å²) in [6, 6.07) is 6.22. The summed E-state index contributed by atoms with van der Waals surface area (Å²) in [5.74, 6) is 1.62. The molecule has 0 spiro atoms. The Labute approximate surface area is 163 Å². The number of hydrogen-bond acceptors (Lipinski definition) is 8. The molecule has 1 atom stereocenters. The Balaban J connectivity index is 1.57. The van der Waals surface area contributed by atoms with E-state index in [0.717, 1.165) is 54.5 Å². The van der Waals surface area contributed by atoms with Crippen molar-refractivity contribution in [1.82, 2.24) is 25.1 Å². The van der Waals surface area contributed by atoms with Crippen molar-refractivity contribution in [3.63, 3.8) is 0 Å². The summed E-state index contributed by atoms with van der Waals surface area (Å²) in [6.45, 7) is 2.97. The molecule has 2 aliphatic rings. The van der Waals surface area contributed by atoms with Crippen molar-refractivity contribution in [2.75, 3.05) is 36.5 Å². The lowest BCUT2D eigenvalue weighted by molar-refractivity contribution is 0.122. The number of morpholine rings is 1. The molecule has 1 saturated heterocycles. The van der Waals surface area contributed by atoms with Gasteiger partial charge in [0.15, 0.2) is 0 Å². The summed E-state index contributed by atoms with van der Waals surface area (Å²) < 4.78 is 5.49. The predicted octanol–water partition coefficient (Wildman–Crippen LogP) is 2.26. The van der Waals surface area contributed by atoms with Crippen LogP contribution in [0.3, 0.4) is 0 Å². The molecule has 1 fully saturated rings. The fourth-order valence-corrected chi connectivity index (χ4v) is 3.76. The van der Waals surface area contributed by atoms with E-state index in [9.17, 15) is 0 Å².